The number of aliphatic hydroxyl groups excluding tert-OH is 2. The van der Waals surface area contributed by atoms with Gasteiger partial charge in [0.15, 0.2) is 0 Å². The average Bonchev–Trinajstić information content (AvgIpc) is 2.12. The van der Waals surface area contributed by atoms with Crippen LogP contribution in [0.2, 0.25) is 0 Å². The highest BCUT2D eigenvalue weighted by Crippen LogP contribution is 2.13. The third-order valence-electron chi connectivity index (χ3n) is 2.05. The maximum Gasteiger partial charge on any atom is 0.513 e. The first-order valence-corrected chi connectivity index (χ1v) is 4.70. The van der Waals surface area contributed by atoms with Gasteiger partial charge in [-0.1, -0.05) is 6.92 Å². The third-order valence-corrected chi connectivity index (χ3v) is 2.05. The minimum absolute atomic E-state index is 0.0244. The second-order valence-corrected chi connectivity index (χ2v) is 3.35. The number of hydrogen-bond acceptors (Lipinski definition) is 5. The van der Waals surface area contributed by atoms with E-state index in [1.54, 1.807) is 6.92 Å². The largest absolute Gasteiger partial charge is 0.513 e. The predicted molar refractivity (Wildman–Crippen MR) is 50.2 cm³/mol. The lowest BCUT2D eigenvalue weighted by Crippen LogP contribution is -2.24. The lowest BCUT2D eigenvalue weighted by molar-refractivity contribution is -0.141. The minimum atomic E-state index is -1.67. The van der Waals surface area contributed by atoms with Crippen LogP contribution in [0.25, 0.3) is 0 Å². The van der Waals surface area contributed by atoms with Crippen molar-refractivity contribution in [2.75, 3.05) is 6.61 Å². The molecule has 2 unspecified atom stereocenters. The van der Waals surface area contributed by atoms with E-state index in [4.69, 9.17) is 10.2 Å². The molecular weight excluding hydrogens is 204 g/mol. The maximum absolute atomic E-state index is 10.8. The van der Waals surface area contributed by atoms with Crippen molar-refractivity contribution < 1.29 is 29.6 Å². The fourth-order valence-corrected chi connectivity index (χ4v) is 1.12. The molecule has 15 heavy (non-hydrogen) atoms. The summed E-state index contributed by atoms with van der Waals surface area (Å²) in [6, 6.07) is 0. The number of aliphatic hydroxyl groups is 2. The Morgan fingerprint density at radius 3 is 2.47 bits per heavy atom. The Morgan fingerprint density at radius 1 is 1.40 bits per heavy atom. The summed E-state index contributed by atoms with van der Waals surface area (Å²) in [5.74, 6) is -1.15. The second-order valence-electron chi connectivity index (χ2n) is 3.35. The molecule has 0 rings (SSSR count). The van der Waals surface area contributed by atoms with E-state index in [1.807, 2.05) is 0 Å². The van der Waals surface area contributed by atoms with E-state index in [9.17, 15) is 14.7 Å². The van der Waals surface area contributed by atoms with Crippen LogP contribution in [0.4, 0.5) is 4.79 Å². The average molecular weight is 220 g/mol. The van der Waals surface area contributed by atoms with Crippen molar-refractivity contribution in [1.29, 1.82) is 0 Å². The molecule has 0 aliphatic rings. The minimum Gasteiger partial charge on any atom is -0.449 e. The molecule has 6 nitrogen and oxygen atoms in total. The van der Waals surface area contributed by atoms with Crippen LogP contribution in [-0.2, 0) is 9.53 Å². The van der Waals surface area contributed by atoms with E-state index in [0.29, 0.717) is 12.8 Å². The number of rotatable bonds is 6. The third kappa shape index (κ3) is 6.87. The fourth-order valence-electron chi connectivity index (χ4n) is 1.12. The number of esters is 1. The summed E-state index contributed by atoms with van der Waals surface area (Å²) in [7, 11) is 0. The van der Waals surface area contributed by atoms with Crippen molar-refractivity contribution in [1.82, 2.24) is 0 Å². The Morgan fingerprint density at radius 2 is 2.00 bits per heavy atom. The first-order valence-electron chi connectivity index (χ1n) is 4.70. The Kier molecular flexibility index (Phi) is 6.64. The van der Waals surface area contributed by atoms with Crippen LogP contribution in [-0.4, -0.2) is 40.2 Å². The van der Waals surface area contributed by atoms with E-state index in [0.717, 1.165) is 0 Å². The zero-order chi connectivity index (χ0) is 11.8. The highest BCUT2D eigenvalue weighted by Gasteiger charge is 2.20. The predicted octanol–water partition coefficient (Wildman–Crippen LogP) is 0.367. The summed E-state index contributed by atoms with van der Waals surface area (Å²) in [4.78, 5) is 20.8. The van der Waals surface area contributed by atoms with Gasteiger partial charge in [-0.25, -0.2) is 4.79 Å². The highest BCUT2D eigenvalue weighted by atomic mass is 16.7. The van der Waals surface area contributed by atoms with Crippen molar-refractivity contribution in [2.24, 2.45) is 5.92 Å². The first kappa shape index (κ1) is 13.9. The zero-order valence-corrected chi connectivity index (χ0v) is 8.55. The fraction of sp³-hybridized carbons (Fsp3) is 0.778. The Bertz CT molecular complexity index is 215. The molecule has 0 spiro atoms. The van der Waals surface area contributed by atoms with Gasteiger partial charge in [0.25, 0.3) is 0 Å². The Hall–Kier alpha value is -1.14. The molecule has 0 bridgehead atoms. The lowest BCUT2D eigenvalue weighted by Gasteiger charge is -2.16. The van der Waals surface area contributed by atoms with E-state index in [1.165, 1.54) is 0 Å². The molecule has 6 heteroatoms. The molecule has 88 valence electrons. The summed E-state index contributed by atoms with van der Waals surface area (Å²) in [5, 5.41) is 26.1. The second kappa shape index (κ2) is 7.19. The monoisotopic (exact) mass is 220 g/mol. The molecule has 0 heterocycles. The highest BCUT2D eigenvalue weighted by molar-refractivity contribution is 5.81. The van der Waals surface area contributed by atoms with Gasteiger partial charge >= 0.3 is 12.1 Å². The van der Waals surface area contributed by atoms with Crippen LogP contribution in [0.3, 0.4) is 0 Å². The SMILES string of the molecule is CC(CCCO)C(O)CC(=O)OC(=O)O. The van der Waals surface area contributed by atoms with Gasteiger partial charge in [-0.15, -0.1) is 0 Å². The van der Waals surface area contributed by atoms with E-state index in [2.05, 4.69) is 4.74 Å². The summed E-state index contributed by atoms with van der Waals surface area (Å²) < 4.78 is 3.84. The lowest BCUT2D eigenvalue weighted by atomic mass is 9.97. The van der Waals surface area contributed by atoms with Crippen molar-refractivity contribution in [3.8, 4) is 0 Å². The number of carbonyl (C=O) groups is 2. The van der Waals surface area contributed by atoms with Crippen LogP contribution in [0.15, 0.2) is 0 Å². The number of carbonyl (C=O) groups excluding carboxylic acids is 1. The quantitative estimate of drug-likeness (QED) is 0.441. The van der Waals surface area contributed by atoms with E-state index in [-0.39, 0.29) is 18.9 Å². The molecule has 0 aromatic heterocycles. The summed E-state index contributed by atoms with van der Waals surface area (Å²) in [6.45, 7) is 1.74. The molecule has 2 atom stereocenters. The topological polar surface area (TPSA) is 104 Å². The molecule has 0 aromatic rings. The van der Waals surface area contributed by atoms with Crippen molar-refractivity contribution in [3.63, 3.8) is 0 Å². The van der Waals surface area contributed by atoms with Gasteiger partial charge in [0.1, 0.15) is 0 Å². The van der Waals surface area contributed by atoms with Crippen LogP contribution < -0.4 is 0 Å². The molecule has 0 radical (unpaired) electrons. The number of ether oxygens (including phenoxy) is 1. The number of carboxylic acid groups (broad SMARTS) is 1. The Labute approximate surface area is 87.5 Å². The molecule has 0 saturated heterocycles. The van der Waals surface area contributed by atoms with Crippen molar-refractivity contribution >= 4 is 12.1 Å². The summed E-state index contributed by atoms with van der Waals surface area (Å²) in [6.07, 6.45) is -1.86. The Balaban J connectivity index is 3.84. The van der Waals surface area contributed by atoms with Crippen LogP contribution >= 0.6 is 0 Å². The van der Waals surface area contributed by atoms with Crippen molar-refractivity contribution in [3.05, 3.63) is 0 Å². The molecule has 0 saturated carbocycles. The molecule has 0 aromatic carbocycles. The molecule has 0 aliphatic heterocycles. The zero-order valence-electron chi connectivity index (χ0n) is 8.55. The maximum atomic E-state index is 10.8. The van der Waals surface area contributed by atoms with Crippen molar-refractivity contribution in [2.45, 2.75) is 32.3 Å². The summed E-state index contributed by atoms with van der Waals surface area (Å²) >= 11 is 0. The molecule has 0 fully saturated rings. The molecule has 0 amide bonds. The van der Waals surface area contributed by atoms with Crippen LogP contribution in [0.5, 0.6) is 0 Å². The van der Waals surface area contributed by atoms with Gasteiger partial charge < -0.3 is 20.1 Å². The number of hydrogen-bond donors (Lipinski definition) is 3. The van der Waals surface area contributed by atoms with E-state index < -0.39 is 18.2 Å². The molecular formula is C9H16O6. The van der Waals surface area contributed by atoms with Gasteiger partial charge in [-0.05, 0) is 18.8 Å². The van der Waals surface area contributed by atoms with Gasteiger partial charge in [-0.2, -0.15) is 0 Å². The smallest absolute Gasteiger partial charge is 0.449 e. The van der Waals surface area contributed by atoms with E-state index >= 15 is 0 Å². The standard InChI is InChI=1S/C9H16O6/c1-6(3-2-4-10)7(11)5-8(12)15-9(13)14/h6-7,10-11H,2-5H2,1H3,(H,13,14). The van der Waals surface area contributed by atoms with Gasteiger partial charge in [0, 0.05) is 6.61 Å². The van der Waals surface area contributed by atoms with Crippen LogP contribution in [0, 0.1) is 5.92 Å². The van der Waals surface area contributed by atoms with Gasteiger partial charge in [0.05, 0.1) is 12.5 Å². The van der Waals surface area contributed by atoms with Gasteiger partial charge in [-0.3, -0.25) is 4.79 Å². The van der Waals surface area contributed by atoms with Crippen LogP contribution in [0.1, 0.15) is 26.2 Å². The van der Waals surface area contributed by atoms with Gasteiger partial charge in [0.2, 0.25) is 0 Å². The first-order chi connectivity index (χ1) is 6.97. The molecule has 3 N–H and O–H groups in total. The molecule has 0 aliphatic carbocycles. The normalized spacial score (nSPS) is 14.3. The summed E-state index contributed by atoms with van der Waals surface area (Å²) in [5.41, 5.74) is 0.